The standard InChI is InChI=1S/C17H26N2O2/c1-12(2)10-18-15(20)11-19-16(21)13-6-8-14(9-7-13)17(3,4)5/h6-9,12H,10-11H2,1-5H3,(H,18,20)(H,19,21). The summed E-state index contributed by atoms with van der Waals surface area (Å²) in [6.07, 6.45) is 0. The lowest BCUT2D eigenvalue weighted by atomic mass is 9.87. The van der Waals surface area contributed by atoms with E-state index >= 15 is 0 Å². The number of benzene rings is 1. The van der Waals surface area contributed by atoms with E-state index in [0.29, 0.717) is 18.0 Å². The van der Waals surface area contributed by atoms with Crippen LogP contribution in [0.2, 0.25) is 0 Å². The number of rotatable bonds is 5. The second-order valence-corrected chi connectivity index (χ2v) is 6.71. The fourth-order valence-electron chi connectivity index (χ4n) is 1.76. The highest BCUT2D eigenvalue weighted by Crippen LogP contribution is 2.22. The number of carbonyl (C=O) groups is 2. The normalized spacial score (nSPS) is 11.3. The van der Waals surface area contributed by atoms with E-state index < -0.39 is 0 Å². The van der Waals surface area contributed by atoms with Gasteiger partial charge in [-0.2, -0.15) is 0 Å². The van der Waals surface area contributed by atoms with Crippen molar-refractivity contribution in [3.63, 3.8) is 0 Å². The molecule has 0 aliphatic heterocycles. The minimum Gasteiger partial charge on any atom is -0.354 e. The third kappa shape index (κ3) is 5.98. The monoisotopic (exact) mass is 290 g/mol. The van der Waals surface area contributed by atoms with Crippen LogP contribution in [-0.2, 0) is 10.2 Å². The Morgan fingerprint density at radius 3 is 2.10 bits per heavy atom. The minimum absolute atomic E-state index is 0.00652. The van der Waals surface area contributed by atoms with Crippen LogP contribution >= 0.6 is 0 Å². The quantitative estimate of drug-likeness (QED) is 0.875. The van der Waals surface area contributed by atoms with Gasteiger partial charge in [0.05, 0.1) is 6.54 Å². The molecule has 21 heavy (non-hydrogen) atoms. The number of hydrogen-bond acceptors (Lipinski definition) is 2. The van der Waals surface area contributed by atoms with Gasteiger partial charge in [-0.1, -0.05) is 46.8 Å². The van der Waals surface area contributed by atoms with Gasteiger partial charge in [0, 0.05) is 12.1 Å². The summed E-state index contributed by atoms with van der Waals surface area (Å²) in [5.41, 5.74) is 1.81. The molecule has 1 aromatic carbocycles. The topological polar surface area (TPSA) is 58.2 Å². The Morgan fingerprint density at radius 2 is 1.62 bits per heavy atom. The predicted octanol–water partition coefficient (Wildman–Crippen LogP) is 2.49. The van der Waals surface area contributed by atoms with Crippen molar-refractivity contribution in [1.29, 1.82) is 0 Å². The van der Waals surface area contributed by atoms with Crippen molar-refractivity contribution >= 4 is 11.8 Å². The fourth-order valence-corrected chi connectivity index (χ4v) is 1.76. The van der Waals surface area contributed by atoms with E-state index in [-0.39, 0.29) is 23.8 Å². The fraction of sp³-hybridized carbons (Fsp3) is 0.529. The van der Waals surface area contributed by atoms with E-state index in [1.165, 1.54) is 5.56 Å². The second kappa shape index (κ2) is 7.25. The first-order valence-electron chi connectivity index (χ1n) is 7.35. The molecule has 116 valence electrons. The lowest BCUT2D eigenvalue weighted by molar-refractivity contribution is -0.120. The van der Waals surface area contributed by atoms with Crippen molar-refractivity contribution in [2.75, 3.05) is 13.1 Å². The van der Waals surface area contributed by atoms with E-state index in [1.807, 2.05) is 26.0 Å². The number of nitrogens with one attached hydrogen (secondary N) is 2. The predicted molar refractivity (Wildman–Crippen MR) is 85.3 cm³/mol. The van der Waals surface area contributed by atoms with Gasteiger partial charge in [-0.15, -0.1) is 0 Å². The third-order valence-electron chi connectivity index (χ3n) is 3.13. The van der Waals surface area contributed by atoms with Gasteiger partial charge >= 0.3 is 0 Å². The molecule has 0 aromatic heterocycles. The summed E-state index contributed by atoms with van der Waals surface area (Å²) < 4.78 is 0. The molecule has 2 N–H and O–H groups in total. The Bertz CT molecular complexity index is 485. The first-order valence-corrected chi connectivity index (χ1v) is 7.35. The van der Waals surface area contributed by atoms with E-state index in [9.17, 15) is 9.59 Å². The summed E-state index contributed by atoms with van der Waals surface area (Å²) >= 11 is 0. The molecule has 1 aromatic rings. The zero-order chi connectivity index (χ0) is 16.0. The Morgan fingerprint density at radius 1 is 1.05 bits per heavy atom. The minimum atomic E-state index is -0.227. The largest absolute Gasteiger partial charge is 0.354 e. The molecule has 4 heteroatoms. The maximum Gasteiger partial charge on any atom is 0.251 e. The van der Waals surface area contributed by atoms with Crippen molar-refractivity contribution in [1.82, 2.24) is 10.6 Å². The van der Waals surface area contributed by atoms with Gasteiger partial charge in [0.2, 0.25) is 5.91 Å². The first-order chi connectivity index (χ1) is 9.70. The average Bonchev–Trinajstić information content (AvgIpc) is 2.41. The van der Waals surface area contributed by atoms with Crippen LogP contribution in [0.1, 0.15) is 50.5 Å². The number of amides is 2. The summed E-state index contributed by atoms with van der Waals surface area (Å²) in [6.45, 7) is 11.1. The third-order valence-corrected chi connectivity index (χ3v) is 3.13. The second-order valence-electron chi connectivity index (χ2n) is 6.71. The van der Waals surface area contributed by atoms with Crippen molar-refractivity contribution < 1.29 is 9.59 Å². The molecule has 0 unspecified atom stereocenters. The summed E-state index contributed by atoms with van der Waals surface area (Å²) in [5.74, 6) is 0.00751. The van der Waals surface area contributed by atoms with Crippen molar-refractivity contribution in [3.8, 4) is 0 Å². The molecular formula is C17H26N2O2. The maximum absolute atomic E-state index is 12.0. The smallest absolute Gasteiger partial charge is 0.251 e. The summed E-state index contributed by atoms with van der Waals surface area (Å²) in [5, 5.41) is 5.39. The lowest BCUT2D eigenvalue weighted by Crippen LogP contribution is -2.38. The molecular weight excluding hydrogens is 264 g/mol. The van der Waals surface area contributed by atoms with Crippen molar-refractivity contribution in [2.24, 2.45) is 5.92 Å². The van der Waals surface area contributed by atoms with Gasteiger partial charge in [0.1, 0.15) is 0 Å². The summed E-state index contributed by atoms with van der Waals surface area (Å²) in [4.78, 5) is 23.5. The average molecular weight is 290 g/mol. The molecule has 0 aliphatic rings. The summed E-state index contributed by atoms with van der Waals surface area (Å²) in [6, 6.07) is 7.49. The molecule has 2 amide bonds. The van der Waals surface area contributed by atoms with Gasteiger partial charge in [-0.3, -0.25) is 9.59 Å². The molecule has 0 saturated carbocycles. The van der Waals surface area contributed by atoms with Gasteiger partial charge < -0.3 is 10.6 Å². The zero-order valence-electron chi connectivity index (χ0n) is 13.6. The molecule has 0 radical (unpaired) electrons. The molecule has 1 rings (SSSR count). The van der Waals surface area contributed by atoms with Gasteiger partial charge in [0.15, 0.2) is 0 Å². The Kier molecular flexibility index (Phi) is 5.94. The zero-order valence-corrected chi connectivity index (χ0v) is 13.6. The molecule has 0 spiro atoms. The molecule has 0 bridgehead atoms. The Labute approximate surface area is 127 Å². The molecule has 0 heterocycles. The molecule has 0 aliphatic carbocycles. The van der Waals surface area contributed by atoms with Gasteiger partial charge in [-0.25, -0.2) is 0 Å². The van der Waals surface area contributed by atoms with Crippen LogP contribution in [0, 0.1) is 5.92 Å². The van der Waals surface area contributed by atoms with Crippen LogP contribution in [0.4, 0.5) is 0 Å². The summed E-state index contributed by atoms with van der Waals surface area (Å²) in [7, 11) is 0. The van der Waals surface area contributed by atoms with E-state index in [1.54, 1.807) is 12.1 Å². The van der Waals surface area contributed by atoms with Gasteiger partial charge in [-0.05, 0) is 29.0 Å². The number of hydrogen-bond donors (Lipinski definition) is 2. The lowest BCUT2D eigenvalue weighted by Gasteiger charge is -2.19. The number of carbonyl (C=O) groups excluding carboxylic acids is 2. The highest BCUT2D eigenvalue weighted by molar-refractivity contribution is 5.96. The van der Waals surface area contributed by atoms with Crippen molar-refractivity contribution in [3.05, 3.63) is 35.4 Å². The SMILES string of the molecule is CC(C)CNC(=O)CNC(=O)c1ccc(C(C)(C)C)cc1. The van der Waals surface area contributed by atoms with E-state index in [2.05, 4.69) is 31.4 Å². The van der Waals surface area contributed by atoms with Crippen LogP contribution in [0.5, 0.6) is 0 Å². The van der Waals surface area contributed by atoms with Crippen LogP contribution in [0.25, 0.3) is 0 Å². The highest BCUT2D eigenvalue weighted by atomic mass is 16.2. The van der Waals surface area contributed by atoms with Crippen LogP contribution in [0.3, 0.4) is 0 Å². The molecule has 0 fully saturated rings. The maximum atomic E-state index is 12.0. The Hall–Kier alpha value is -1.84. The molecule has 4 nitrogen and oxygen atoms in total. The first kappa shape index (κ1) is 17.2. The molecule has 0 atom stereocenters. The van der Waals surface area contributed by atoms with E-state index in [0.717, 1.165) is 0 Å². The van der Waals surface area contributed by atoms with Crippen LogP contribution in [0.15, 0.2) is 24.3 Å². The van der Waals surface area contributed by atoms with Crippen LogP contribution < -0.4 is 10.6 Å². The van der Waals surface area contributed by atoms with Crippen molar-refractivity contribution in [2.45, 2.75) is 40.0 Å². The van der Waals surface area contributed by atoms with Crippen LogP contribution in [-0.4, -0.2) is 24.9 Å². The Balaban J connectivity index is 2.51. The highest BCUT2D eigenvalue weighted by Gasteiger charge is 2.14. The van der Waals surface area contributed by atoms with E-state index in [4.69, 9.17) is 0 Å². The van der Waals surface area contributed by atoms with Gasteiger partial charge in [0.25, 0.3) is 5.91 Å². The molecule has 0 saturated heterocycles.